The highest BCUT2D eigenvalue weighted by molar-refractivity contribution is 7.98. The van der Waals surface area contributed by atoms with E-state index in [-0.39, 0.29) is 0 Å². The highest BCUT2D eigenvalue weighted by Gasteiger charge is 2.12. The van der Waals surface area contributed by atoms with Gasteiger partial charge in [-0.2, -0.15) is 0 Å². The van der Waals surface area contributed by atoms with Crippen LogP contribution in [0.2, 0.25) is 0 Å². The van der Waals surface area contributed by atoms with Gasteiger partial charge in [-0.1, -0.05) is 23.8 Å². The van der Waals surface area contributed by atoms with E-state index in [0.717, 1.165) is 12.8 Å². The van der Waals surface area contributed by atoms with Crippen LogP contribution in [0.5, 0.6) is 0 Å². The Labute approximate surface area is 103 Å². The largest absolute Gasteiger partial charge is 0.313 e. The van der Waals surface area contributed by atoms with Crippen molar-refractivity contribution in [2.24, 2.45) is 0 Å². The first-order valence-electron chi connectivity index (χ1n) is 5.63. The Hall–Kier alpha value is -0.730. The minimum absolute atomic E-state index is 0.431. The highest BCUT2D eigenvalue weighted by Crippen LogP contribution is 2.28. The van der Waals surface area contributed by atoms with Crippen LogP contribution in [0.3, 0.4) is 0 Å². The van der Waals surface area contributed by atoms with Gasteiger partial charge in [0.15, 0.2) is 0 Å². The van der Waals surface area contributed by atoms with E-state index in [0.29, 0.717) is 6.04 Å². The standard InChI is InChI=1S/C14H21NS/c1-11(2)9-10-13(15-3)12-7-5-6-8-14(12)16-4/h5-8,13,15H,1,9-10H2,2-4H3. The maximum atomic E-state index is 3.96. The van der Waals surface area contributed by atoms with Crippen LogP contribution in [-0.2, 0) is 0 Å². The number of hydrogen-bond acceptors (Lipinski definition) is 2. The van der Waals surface area contributed by atoms with Crippen LogP contribution < -0.4 is 5.32 Å². The van der Waals surface area contributed by atoms with Gasteiger partial charge in [-0.15, -0.1) is 18.3 Å². The maximum Gasteiger partial charge on any atom is 0.0331 e. The summed E-state index contributed by atoms with van der Waals surface area (Å²) in [6, 6.07) is 9.04. The minimum atomic E-state index is 0.431. The summed E-state index contributed by atoms with van der Waals surface area (Å²) in [7, 11) is 2.03. The second-order valence-electron chi connectivity index (χ2n) is 4.08. The molecule has 88 valence electrons. The van der Waals surface area contributed by atoms with Crippen LogP contribution in [-0.4, -0.2) is 13.3 Å². The Morgan fingerprint density at radius 1 is 1.44 bits per heavy atom. The molecule has 0 radical (unpaired) electrons. The number of thioether (sulfide) groups is 1. The molecule has 16 heavy (non-hydrogen) atoms. The molecule has 1 rings (SSSR count). The number of hydrogen-bond donors (Lipinski definition) is 1. The van der Waals surface area contributed by atoms with E-state index in [9.17, 15) is 0 Å². The lowest BCUT2D eigenvalue weighted by Crippen LogP contribution is -2.17. The molecule has 0 fully saturated rings. The first kappa shape index (κ1) is 13.3. The minimum Gasteiger partial charge on any atom is -0.313 e. The first-order valence-corrected chi connectivity index (χ1v) is 6.86. The SMILES string of the molecule is C=C(C)CCC(NC)c1ccccc1SC. The lowest BCUT2D eigenvalue weighted by atomic mass is 10.00. The van der Waals surface area contributed by atoms with Crippen LogP contribution in [0.15, 0.2) is 41.3 Å². The van der Waals surface area contributed by atoms with E-state index in [1.807, 2.05) is 18.8 Å². The smallest absolute Gasteiger partial charge is 0.0331 e. The molecule has 1 unspecified atom stereocenters. The van der Waals surface area contributed by atoms with Crippen LogP contribution in [0.1, 0.15) is 31.4 Å². The van der Waals surface area contributed by atoms with Crippen molar-refractivity contribution >= 4 is 11.8 Å². The summed E-state index contributed by atoms with van der Waals surface area (Å²) in [5, 5.41) is 3.39. The molecule has 0 heterocycles. The number of nitrogens with one attached hydrogen (secondary N) is 1. The zero-order valence-corrected chi connectivity index (χ0v) is 11.2. The topological polar surface area (TPSA) is 12.0 Å². The van der Waals surface area contributed by atoms with Gasteiger partial charge in [-0.05, 0) is 44.7 Å². The van der Waals surface area contributed by atoms with E-state index in [1.165, 1.54) is 16.0 Å². The molecule has 0 bridgehead atoms. The van der Waals surface area contributed by atoms with Crippen molar-refractivity contribution in [1.29, 1.82) is 0 Å². The Bertz CT molecular complexity index is 346. The van der Waals surface area contributed by atoms with Gasteiger partial charge in [0.25, 0.3) is 0 Å². The third kappa shape index (κ3) is 3.69. The summed E-state index contributed by atoms with van der Waals surface area (Å²) >= 11 is 1.81. The zero-order chi connectivity index (χ0) is 12.0. The van der Waals surface area contributed by atoms with Crippen molar-refractivity contribution in [2.75, 3.05) is 13.3 Å². The predicted molar refractivity (Wildman–Crippen MR) is 74.1 cm³/mol. The molecule has 0 aliphatic carbocycles. The molecule has 2 heteroatoms. The molecule has 0 spiro atoms. The molecular formula is C14H21NS. The molecule has 0 aliphatic rings. The molecular weight excluding hydrogens is 214 g/mol. The highest BCUT2D eigenvalue weighted by atomic mass is 32.2. The van der Waals surface area contributed by atoms with Crippen LogP contribution in [0, 0.1) is 0 Å². The molecule has 1 aromatic carbocycles. The summed E-state index contributed by atoms with van der Waals surface area (Å²) in [4.78, 5) is 1.36. The van der Waals surface area contributed by atoms with E-state index < -0.39 is 0 Å². The Balaban J connectivity index is 2.81. The Morgan fingerprint density at radius 3 is 2.69 bits per heavy atom. The fourth-order valence-electron chi connectivity index (χ4n) is 1.80. The van der Waals surface area contributed by atoms with Crippen molar-refractivity contribution in [2.45, 2.75) is 30.7 Å². The van der Waals surface area contributed by atoms with Gasteiger partial charge in [0, 0.05) is 10.9 Å². The predicted octanol–water partition coefficient (Wildman–Crippen LogP) is 4.03. The third-order valence-electron chi connectivity index (χ3n) is 2.72. The molecule has 1 N–H and O–H groups in total. The number of rotatable bonds is 6. The molecule has 1 nitrogen and oxygen atoms in total. The number of allylic oxidation sites excluding steroid dienone is 1. The summed E-state index contributed by atoms with van der Waals surface area (Å²) in [6.07, 6.45) is 4.32. The van der Waals surface area contributed by atoms with E-state index in [1.54, 1.807) is 0 Å². The summed E-state index contributed by atoms with van der Waals surface area (Å²) in [5.74, 6) is 0. The lowest BCUT2D eigenvalue weighted by Gasteiger charge is -2.19. The van der Waals surface area contributed by atoms with Crippen molar-refractivity contribution in [1.82, 2.24) is 5.32 Å². The van der Waals surface area contributed by atoms with Gasteiger partial charge >= 0.3 is 0 Å². The van der Waals surface area contributed by atoms with Gasteiger partial charge in [-0.3, -0.25) is 0 Å². The van der Waals surface area contributed by atoms with E-state index in [2.05, 4.69) is 49.3 Å². The average Bonchev–Trinajstić information content (AvgIpc) is 2.30. The summed E-state index contributed by atoms with van der Waals surface area (Å²) in [5.41, 5.74) is 2.65. The van der Waals surface area contributed by atoms with Crippen molar-refractivity contribution in [3.8, 4) is 0 Å². The van der Waals surface area contributed by atoms with Crippen LogP contribution in [0.25, 0.3) is 0 Å². The quantitative estimate of drug-likeness (QED) is 0.590. The molecule has 1 atom stereocenters. The van der Waals surface area contributed by atoms with Gasteiger partial charge in [-0.25, -0.2) is 0 Å². The van der Waals surface area contributed by atoms with Crippen molar-refractivity contribution in [3.63, 3.8) is 0 Å². The summed E-state index contributed by atoms with van der Waals surface area (Å²) < 4.78 is 0. The fraction of sp³-hybridized carbons (Fsp3) is 0.429. The fourth-order valence-corrected chi connectivity index (χ4v) is 2.46. The van der Waals surface area contributed by atoms with Gasteiger partial charge in [0.05, 0.1) is 0 Å². The van der Waals surface area contributed by atoms with Crippen LogP contribution in [0.4, 0.5) is 0 Å². The monoisotopic (exact) mass is 235 g/mol. The third-order valence-corrected chi connectivity index (χ3v) is 3.53. The molecule has 1 aromatic rings. The molecule has 0 aliphatic heterocycles. The maximum absolute atomic E-state index is 3.96. The number of benzene rings is 1. The first-order chi connectivity index (χ1) is 7.69. The zero-order valence-electron chi connectivity index (χ0n) is 10.4. The average molecular weight is 235 g/mol. The van der Waals surface area contributed by atoms with Crippen LogP contribution >= 0.6 is 11.8 Å². The molecule has 0 amide bonds. The normalized spacial score (nSPS) is 12.4. The second-order valence-corrected chi connectivity index (χ2v) is 4.93. The lowest BCUT2D eigenvalue weighted by molar-refractivity contribution is 0.541. The molecule has 0 saturated heterocycles. The summed E-state index contributed by atoms with van der Waals surface area (Å²) in [6.45, 7) is 6.06. The van der Waals surface area contributed by atoms with Crippen molar-refractivity contribution < 1.29 is 0 Å². The van der Waals surface area contributed by atoms with Gasteiger partial charge in [0.2, 0.25) is 0 Å². The van der Waals surface area contributed by atoms with Crippen molar-refractivity contribution in [3.05, 3.63) is 42.0 Å². The molecule has 0 aromatic heterocycles. The van der Waals surface area contributed by atoms with Gasteiger partial charge < -0.3 is 5.32 Å². The Morgan fingerprint density at radius 2 is 2.12 bits per heavy atom. The molecule has 0 saturated carbocycles. The van der Waals surface area contributed by atoms with E-state index >= 15 is 0 Å². The van der Waals surface area contributed by atoms with E-state index in [4.69, 9.17) is 0 Å². The Kier molecular flexibility index (Phi) is 5.64. The second kappa shape index (κ2) is 6.77. The van der Waals surface area contributed by atoms with Gasteiger partial charge in [0.1, 0.15) is 0 Å².